The van der Waals surface area contributed by atoms with E-state index in [2.05, 4.69) is 25.1 Å². The third-order valence-corrected chi connectivity index (χ3v) is 2.08. The molecule has 14 heavy (non-hydrogen) atoms. The van der Waals surface area contributed by atoms with Crippen LogP contribution in [0.4, 0.5) is 0 Å². The number of nitrogens with zero attached hydrogens (tertiary/aromatic N) is 4. The van der Waals surface area contributed by atoms with Gasteiger partial charge in [0, 0.05) is 0 Å². The Labute approximate surface area is 76.8 Å². The van der Waals surface area contributed by atoms with Crippen LogP contribution in [0.15, 0.2) is 11.0 Å². The van der Waals surface area contributed by atoms with Crippen LogP contribution < -0.4 is 5.69 Å². The molecule has 3 heterocycles. The third-order valence-electron chi connectivity index (χ3n) is 2.08. The second-order valence-electron chi connectivity index (χ2n) is 2.98. The maximum absolute atomic E-state index is 11.1. The van der Waals surface area contributed by atoms with E-state index in [0.717, 1.165) is 0 Å². The van der Waals surface area contributed by atoms with E-state index in [1.54, 1.807) is 17.5 Å². The van der Waals surface area contributed by atoms with Crippen molar-refractivity contribution in [2.75, 3.05) is 0 Å². The molecule has 3 aromatic rings. The maximum Gasteiger partial charge on any atom is 0.325 e. The largest absolute Gasteiger partial charge is 0.325 e. The van der Waals surface area contributed by atoms with Gasteiger partial charge in [0.25, 0.3) is 5.78 Å². The average Bonchev–Trinajstić information content (AvgIpc) is 2.68. The number of H-pyrrole nitrogens is 2. The highest BCUT2D eigenvalue weighted by molar-refractivity contribution is 5.71. The minimum Gasteiger partial charge on any atom is -0.303 e. The van der Waals surface area contributed by atoms with Gasteiger partial charge in [0.05, 0.1) is 6.20 Å². The molecular weight excluding hydrogens is 184 g/mol. The monoisotopic (exact) mass is 190 g/mol. The molecule has 0 saturated carbocycles. The number of fused-ring (bicyclic) bond motifs is 3. The predicted molar refractivity (Wildman–Crippen MR) is 48.0 cm³/mol. The van der Waals surface area contributed by atoms with Gasteiger partial charge in [-0.3, -0.25) is 4.98 Å². The molecule has 0 aliphatic heterocycles. The van der Waals surface area contributed by atoms with Crippen molar-refractivity contribution in [1.82, 2.24) is 29.5 Å². The minimum absolute atomic E-state index is 0.262. The summed E-state index contributed by atoms with van der Waals surface area (Å²) in [4.78, 5) is 20.4. The van der Waals surface area contributed by atoms with Crippen LogP contribution in [0.2, 0.25) is 0 Å². The van der Waals surface area contributed by atoms with Crippen LogP contribution in [-0.2, 0) is 0 Å². The van der Waals surface area contributed by atoms with Gasteiger partial charge in [-0.05, 0) is 6.92 Å². The summed E-state index contributed by atoms with van der Waals surface area (Å²) in [6.45, 7) is 1.80. The van der Waals surface area contributed by atoms with Crippen molar-refractivity contribution in [1.29, 1.82) is 0 Å². The van der Waals surface area contributed by atoms with Crippen molar-refractivity contribution in [3.8, 4) is 0 Å². The van der Waals surface area contributed by atoms with Crippen molar-refractivity contribution < 1.29 is 0 Å². The highest BCUT2D eigenvalue weighted by Crippen LogP contribution is 2.08. The van der Waals surface area contributed by atoms with Gasteiger partial charge in [-0.15, -0.1) is 10.2 Å². The van der Waals surface area contributed by atoms with Crippen molar-refractivity contribution in [3.63, 3.8) is 0 Å². The van der Waals surface area contributed by atoms with E-state index in [4.69, 9.17) is 0 Å². The van der Waals surface area contributed by atoms with E-state index < -0.39 is 0 Å². The molecule has 0 unspecified atom stereocenters. The fourth-order valence-electron chi connectivity index (χ4n) is 1.48. The standard InChI is InChI=1S/C7H6N6O/c1-3-11-12-6-8-2-4-5(13(3)6)10-7(14)9-4/h2H,1H3,(H2,9,10,14). The number of hydrogen-bond donors (Lipinski definition) is 2. The van der Waals surface area contributed by atoms with Crippen LogP contribution in [0.3, 0.4) is 0 Å². The summed E-state index contributed by atoms with van der Waals surface area (Å²) < 4.78 is 1.69. The molecule has 0 aliphatic carbocycles. The smallest absolute Gasteiger partial charge is 0.303 e. The Morgan fingerprint density at radius 3 is 3.07 bits per heavy atom. The zero-order valence-corrected chi connectivity index (χ0v) is 7.27. The summed E-state index contributed by atoms with van der Waals surface area (Å²) in [5, 5.41) is 7.71. The zero-order chi connectivity index (χ0) is 9.71. The molecule has 0 amide bonds. The van der Waals surface area contributed by atoms with Crippen LogP contribution in [0.1, 0.15) is 5.82 Å². The molecule has 0 spiro atoms. The first kappa shape index (κ1) is 7.25. The first-order chi connectivity index (χ1) is 6.75. The molecule has 70 valence electrons. The Kier molecular flexibility index (Phi) is 1.13. The van der Waals surface area contributed by atoms with E-state index >= 15 is 0 Å². The highest BCUT2D eigenvalue weighted by Gasteiger charge is 2.08. The predicted octanol–water partition coefficient (Wildman–Crippen LogP) is -0.398. The first-order valence-electron chi connectivity index (χ1n) is 4.04. The number of aromatic nitrogens is 6. The topological polar surface area (TPSA) is 91.7 Å². The van der Waals surface area contributed by atoms with E-state index in [1.165, 1.54) is 0 Å². The quantitative estimate of drug-likeness (QED) is 0.504. The summed E-state index contributed by atoms with van der Waals surface area (Å²) in [6, 6.07) is 0. The van der Waals surface area contributed by atoms with Gasteiger partial charge in [0.1, 0.15) is 17.0 Å². The molecule has 0 bridgehead atoms. The molecule has 0 saturated heterocycles. The number of hydrogen-bond acceptors (Lipinski definition) is 4. The van der Waals surface area contributed by atoms with Crippen LogP contribution >= 0.6 is 0 Å². The lowest BCUT2D eigenvalue weighted by Crippen LogP contribution is -2.00. The molecule has 0 radical (unpaired) electrons. The Bertz CT molecular complexity index is 674. The fourth-order valence-corrected chi connectivity index (χ4v) is 1.48. The van der Waals surface area contributed by atoms with Crippen LogP contribution in [-0.4, -0.2) is 29.5 Å². The van der Waals surface area contributed by atoms with Gasteiger partial charge >= 0.3 is 5.69 Å². The lowest BCUT2D eigenvalue weighted by atomic mass is 10.5. The van der Waals surface area contributed by atoms with Crippen molar-refractivity contribution in [2.45, 2.75) is 6.92 Å². The molecule has 7 nitrogen and oxygen atoms in total. The van der Waals surface area contributed by atoms with Gasteiger partial charge in [0.15, 0.2) is 0 Å². The van der Waals surface area contributed by atoms with Gasteiger partial charge in [-0.2, -0.15) is 0 Å². The van der Waals surface area contributed by atoms with Gasteiger partial charge in [0.2, 0.25) is 0 Å². The Hall–Kier alpha value is -2.18. The van der Waals surface area contributed by atoms with Gasteiger partial charge in [-0.1, -0.05) is 0 Å². The number of nitrogens with one attached hydrogen (secondary N) is 2. The summed E-state index contributed by atoms with van der Waals surface area (Å²) in [5.74, 6) is 1.17. The Balaban J connectivity index is 2.71. The van der Waals surface area contributed by atoms with Crippen LogP contribution in [0.25, 0.3) is 16.9 Å². The molecular formula is C7H6N6O. The molecule has 2 N–H and O–H groups in total. The summed E-state index contributed by atoms with van der Waals surface area (Å²) in [7, 11) is 0. The molecule has 0 fully saturated rings. The second kappa shape index (κ2) is 2.19. The molecule has 7 heteroatoms. The maximum atomic E-state index is 11.1. The van der Waals surface area contributed by atoms with E-state index in [0.29, 0.717) is 22.8 Å². The lowest BCUT2D eigenvalue weighted by molar-refractivity contribution is 1.01. The van der Waals surface area contributed by atoms with Gasteiger partial charge in [-0.25, -0.2) is 14.2 Å². The fraction of sp³-hybridized carbons (Fsp3) is 0.143. The van der Waals surface area contributed by atoms with Crippen LogP contribution in [0, 0.1) is 6.92 Å². The lowest BCUT2D eigenvalue weighted by Gasteiger charge is -1.94. The van der Waals surface area contributed by atoms with E-state index in [-0.39, 0.29) is 5.69 Å². The van der Waals surface area contributed by atoms with Gasteiger partial charge < -0.3 is 4.98 Å². The number of rotatable bonds is 0. The third kappa shape index (κ3) is 0.754. The SMILES string of the molecule is Cc1nnc2ncc3[nH]c(=O)[nH]c3n12. The number of aryl methyl sites for hydroxylation is 1. The molecule has 0 atom stereocenters. The molecule has 0 aromatic carbocycles. The molecule has 3 aromatic heterocycles. The van der Waals surface area contributed by atoms with Crippen molar-refractivity contribution in [3.05, 3.63) is 22.5 Å². The van der Waals surface area contributed by atoms with Crippen molar-refractivity contribution >= 4 is 16.9 Å². The minimum atomic E-state index is -0.262. The number of imidazole rings is 1. The normalized spacial score (nSPS) is 11.5. The Morgan fingerprint density at radius 1 is 1.36 bits per heavy atom. The molecule has 0 aliphatic rings. The highest BCUT2D eigenvalue weighted by atomic mass is 16.1. The van der Waals surface area contributed by atoms with E-state index in [9.17, 15) is 4.79 Å². The Morgan fingerprint density at radius 2 is 2.21 bits per heavy atom. The second-order valence-corrected chi connectivity index (χ2v) is 2.98. The number of aromatic amines is 2. The molecule has 3 rings (SSSR count). The average molecular weight is 190 g/mol. The summed E-state index contributed by atoms with van der Waals surface area (Å²) in [5.41, 5.74) is 1.02. The summed E-state index contributed by atoms with van der Waals surface area (Å²) >= 11 is 0. The summed E-state index contributed by atoms with van der Waals surface area (Å²) in [6.07, 6.45) is 1.55. The van der Waals surface area contributed by atoms with Crippen LogP contribution in [0.5, 0.6) is 0 Å². The zero-order valence-electron chi connectivity index (χ0n) is 7.27. The van der Waals surface area contributed by atoms with E-state index in [1.807, 2.05) is 0 Å². The first-order valence-corrected chi connectivity index (χ1v) is 4.04. The van der Waals surface area contributed by atoms with Crippen molar-refractivity contribution in [2.24, 2.45) is 0 Å².